The molecule has 1 fully saturated rings. The third kappa shape index (κ3) is 3.17. The second-order valence-corrected chi connectivity index (χ2v) is 4.90. The minimum Gasteiger partial charge on any atom is -0.479 e. The second kappa shape index (κ2) is 5.46. The number of aromatic nitrogens is 1. The molecule has 0 radical (unpaired) electrons. The van der Waals surface area contributed by atoms with Crippen LogP contribution in [-0.2, 0) is 16.0 Å². The number of thiazole rings is 1. The van der Waals surface area contributed by atoms with E-state index in [9.17, 15) is 4.79 Å². The summed E-state index contributed by atoms with van der Waals surface area (Å²) in [5.74, 6) is -0.866. The SMILES string of the molecule is CCc1csc(NCC2CCC(C(=O)O)O2)n1. The van der Waals surface area contributed by atoms with Gasteiger partial charge in [0.2, 0.25) is 0 Å². The van der Waals surface area contributed by atoms with Crippen molar-refractivity contribution in [3.8, 4) is 0 Å². The highest BCUT2D eigenvalue weighted by molar-refractivity contribution is 7.13. The van der Waals surface area contributed by atoms with Crippen LogP contribution >= 0.6 is 11.3 Å². The number of hydrogen-bond acceptors (Lipinski definition) is 5. The quantitative estimate of drug-likeness (QED) is 0.839. The minimum absolute atomic E-state index is 0.0231. The van der Waals surface area contributed by atoms with Crippen molar-refractivity contribution in [1.82, 2.24) is 4.98 Å². The molecule has 1 aliphatic rings. The molecule has 5 nitrogen and oxygen atoms in total. The molecule has 0 bridgehead atoms. The molecule has 1 aliphatic heterocycles. The van der Waals surface area contributed by atoms with Crippen molar-refractivity contribution < 1.29 is 14.6 Å². The zero-order chi connectivity index (χ0) is 12.3. The Morgan fingerprint density at radius 1 is 1.71 bits per heavy atom. The van der Waals surface area contributed by atoms with Crippen LogP contribution in [0.5, 0.6) is 0 Å². The van der Waals surface area contributed by atoms with Gasteiger partial charge in [0.05, 0.1) is 11.8 Å². The fraction of sp³-hybridized carbons (Fsp3) is 0.636. The number of ether oxygens (including phenoxy) is 1. The summed E-state index contributed by atoms with van der Waals surface area (Å²) in [6.07, 6.45) is 1.66. The van der Waals surface area contributed by atoms with Gasteiger partial charge in [-0.3, -0.25) is 0 Å². The first-order valence-corrected chi connectivity index (χ1v) is 6.63. The summed E-state index contributed by atoms with van der Waals surface area (Å²) in [6, 6.07) is 0. The summed E-state index contributed by atoms with van der Waals surface area (Å²) in [4.78, 5) is 15.1. The van der Waals surface area contributed by atoms with E-state index in [1.165, 1.54) is 0 Å². The molecular weight excluding hydrogens is 240 g/mol. The number of carboxylic acid groups (broad SMARTS) is 1. The maximum atomic E-state index is 10.7. The number of aliphatic carboxylic acids is 1. The maximum absolute atomic E-state index is 10.7. The summed E-state index contributed by atoms with van der Waals surface area (Å²) >= 11 is 1.57. The average Bonchev–Trinajstić information content (AvgIpc) is 2.95. The van der Waals surface area contributed by atoms with Crippen LogP contribution < -0.4 is 5.32 Å². The van der Waals surface area contributed by atoms with E-state index in [2.05, 4.69) is 17.2 Å². The van der Waals surface area contributed by atoms with Gasteiger partial charge in [-0.05, 0) is 19.3 Å². The van der Waals surface area contributed by atoms with E-state index in [1.54, 1.807) is 11.3 Å². The van der Waals surface area contributed by atoms with Crippen molar-refractivity contribution in [2.75, 3.05) is 11.9 Å². The lowest BCUT2D eigenvalue weighted by Gasteiger charge is -2.11. The minimum atomic E-state index is -0.866. The van der Waals surface area contributed by atoms with Gasteiger partial charge in [-0.2, -0.15) is 0 Å². The van der Waals surface area contributed by atoms with Gasteiger partial charge < -0.3 is 15.2 Å². The molecule has 0 aromatic carbocycles. The number of carbonyl (C=O) groups is 1. The smallest absolute Gasteiger partial charge is 0.332 e. The summed E-state index contributed by atoms with van der Waals surface area (Å²) < 4.78 is 5.39. The van der Waals surface area contributed by atoms with Crippen LogP contribution in [0, 0.1) is 0 Å². The van der Waals surface area contributed by atoms with Gasteiger partial charge in [0.1, 0.15) is 0 Å². The molecule has 2 heterocycles. The third-order valence-electron chi connectivity index (χ3n) is 2.78. The molecule has 2 atom stereocenters. The van der Waals surface area contributed by atoms with Gasteiger partial charge in [0.25, 0.3) is 0 Å². The molecule has 2 rings (SSSR count). The van der Waals surface area contributed by atoms with Gasteiger partial charge in [-0.15, -0.1) is 11.3 Å². The van der Waals surface area contributed by atoms with Crippen molar-refractivity contribution >= 4 is 22.4 Å². The summed E-state index contributed by atoms with van der Waals surface area (Å²) in [6.45, 7) is 2.69. The molecule has 2 unspecified atom stereocenters. The number of carboxylic acids is 1. The Morgan fingerprint density at radius 2 is 2.53 bits per heavy atom. The molecule has 1 aromatic rings. The standard InChI is InChI=1S/C11H16N2O3S/c1-2-7-6-17-11(13-7)12-5-8-3-4-9(16-8)10(14)15/h6,8-9H,2-5H2,1H3,(H,12,13)(H,14,15). The molecule has 1 aromatic heterocycles. The van der Waals surface area contributed by atoms with Gasteiger partial charge in [-0.1, -0.05) is 6.92 Å². The highest BCUT2D eigenvalue weighted by Crippen LogP contribution is 2.21. The number of rotatable bonds is 5. The molecule has 0 amide bonds. The first-order chi connectivity index (χ1) is 8.19. The van der Waals surface area contributed by atoms with Crippen LogP contribution in [0.25, 0.3) is 0 Å². The Kier molecular flexibility index (Phi) is 3.96. The zero-order valence-corrected chi connectivity index (χ0v) is 10.5. The van der Waals surface area contributed by atoms with E-state index in [0.717, 1.165) is 23.7 Å². The summed E-state index contributed by atoms with van der Waals surface area (Å²) in [7, 11) is 0. The van der Waals surface area contributed by atoms with Crippen LogP contribution in [0.3, 0.4) is 0 Å². The molecular formula is C11H16N2O3S. The molecule has 6 heteroatoms. The molecule has 17 heavy (non-hydrogen) atoms. The Labute approximate surface area is 104 Å². The number of anilines is 1. The van der Waals surface area contributed by atoms with Crippen molar-refractivity contribution in [1.29, 1.82) is 0 Å². The molecule has 2 N–H and O–H groups in total. The van der Waals surface area contributed by atoms with Gasteiger partial charge in [-0.25, -0.2) is 9.78 Å². The van der Waals surface area contributed by atoms with Gasteiger partial charge >= 0.3 is 5.97 Å². The van der Waals surface area contributed by atoms with E-state index in [4.69, 9.17) is 9.84 Å². The van der Waals surface area contributed by atoms with E-state index in [1.807, 2.05) is 5.38 Å². The first kappa shape index (κ1) is 12.3. The van der Waals surface area contributed by atoms with Crippen LogP contribution in [0.1, 0.15) is 25.5 Å². The average molecular weight is 256 g/mol. The lowest BCUT2D eigenvalue weighted by molar-refractivity contribution is -0.149. The van der Waals surface area contributed by atoms with Crippen molar-refractivity contribution in [3.63, 3.8) is 0 Å². The lowest BCUT2D eigenvalue weighted by atomic mass is 10.2. The lowest BCUT2D eigenvalue weighted by Crippen LogP contribution is -2.24. The number of aryl methyl sites for hydroxylation is 1. The molecule has 1 saturated heterocycles. The topological polar surface area (TPSA) is 71.5 Å². The molecule has 0 aliphatic carbocycles. The highest BCUT2D eigenvalue weighted by atomic mass is 32.1. The monoisotopic (exact) mass is 256 g/mol. The summed E-state index contributed by atoms with van der Waals surface area (Å²) in [5, 5.41) is 14.9. The Bertz CT molecular complexity index is 394. The fourth-order valence-corrected chi connectivity index (χ4v) is 2.59. The van der Waals surface area contributed by atoms with Crippen LogP contribution in [-0.4, -0.2) is 34.8 Å². The van der Waals surface area contributed by atoms with E-state index < -0.39 is 12.1 Å². The third-order valence-corrected chi connectivity index (χ3v) is 3.63. The van der Waals surface area contributed by atoms with Crippen LogP contribution in [0.15, 0.2) is 5.38 Å². The first-order valence-electron chi connectivity index (χ1n) is 5.75. The Balaban J connectivity index is 1.77. The predicted molar refractivity (Wildman–Crippen MR) is 65.5 cm³/mol. The highest BCUT2D eigenvalue weighted by Gasteiger charge is 2.30. The molecule has 0 saturated carbocycles. The molecule has 0 spiro atoms. The van der Waals surface area contributed by atoms with Crippen molar-refractivity contribution in [2.45, 2.75) is 38.4 Å². The largest absolute Gasteiger partial charge is 0.479 e. The fourth-order valence-electron chi connectivity index (χ4n) is 1.79. The van der Waals surface area contributed by atoms with Crippen molar-refractivity contribution in [2.24, 2.45) is 0 Å². The maximum Gasteiger partial charge on any atom is 0.332 e. The van der Waals surface area contributed by atoms with Crippen LogP contribution in [0.4, 0.5) is 5.13 Å². The number of nitrogens with zero attached hydrogens (tertiary/aromatic N) is 1. The number of nitrogens with one attached hydrogen (secondary N) is 1. The zero-order valence-electron chi connectivity index (χ0n) is 9.68. The van der Waals surface area contributed by atoms with Gasteiger partial charge in [0.15, 0.2) is 11.2 Å². The van der Waals surface area contributed by atoms with E-state index in [-0.39, 0.29) is 6.10 Å². The second-order valence-electron chi connectivity index (χ2n) is 4.04. The Hall–Kier alpha value is -1.14. The Morgan fingerprint density at radius 3 is 3.12 bits per heavy atom. The predicted octanol–water partition coefficient (Wildman–Crippen LogP) is 1.75. The normalized spacial score (nSPS) is 23.8. The van der Waals surface area contributed by atoms with E-state index >= 15 is 0 Å². The molecule has 94 valence electrons. The summed E-state index contributed by atoms with van der Waals surface area (Å²) in [5.41, 5.74) is 1.08. The number of hydrogen-bond donors (Lipinski definition) is 2. The van der Waals surface area contributed by atoms with Crippen molar-refractivity contribution in [3.05, 3.63) is 11.1 Å². The van der Waals surface area contributed by atoms with Gasteiger partial charge in [0, 0.05) is 11.9 Å². The van der Waals surface area contributed by atoms with Crippen LogP contribution in [0.2, 0.25) is 0 Å². The van der Waals surface area contributed by atoms with E-state index in [0.29, 0.717) is 13.0 Å².